The van der Waals surface area contributed by atoms with Gasteiger partial charge < -0.3 is 9.84 Å². The van der Waals surface area contributed by atoms with E-state index in [0.717, 1.165) is 22.2 Å². The van der Waals surface area contributed by atoms with Gasteiger partial charge in [-0.15, -0.1) is 0 Å². The van der Waals surface area contributed by atoms with Crippen molar-refractivity contribution in [3.05, 3.63) is 65.9 Å². The number of nitrogens with zero attached hydrogens (tertiary/aromatic N) is 2. The number of hydrogen-bond donors (Lipinski definition) is 1. The topological polar surface area (TPSA) is 64.4 Å². The number of aromatic nitrogens is 2. The Morgan fingerprint density at radius 3 is 2.44 bits per heavy atom. The molecule has 0 saturated carbocycles. The summed E-state index contributed by atoms with van der Waals surface area (Å²) in [4.78, 5) is 11.2. The fourth-order valence-corrected chi connectivity index (χ4v) is 2.49. The molecule has 1 heterocycles. The molecular weight excluding hydrogens is 327 g/mol. The van der Waals surface area contributed by atoms with Gasteiger partial charge in [-0.2, -0.15) is 5.10 Å². The maximum absolute atomic E-state index is 11.2. The summed E-state index contributed by atoms with van der Waals surface area (Å²) in [6, 6.07) is 18.0. The van der Waals surface area contributed by atoms with Crippen molar-refractivity contribution in [3.8, 4) is 0 Å². The van der Waals surface area contributed by atoms with Gasteiger partial charge in [-0.05, 0) is 25.5 Å². The van der Waals surface area contributed by atoms with Crippen LogP contribution in [0.4, 0.5) is 0 Å². The zero-order valence-corrected chi connectivity index (χ0v) is 16.8. The van der Waals surface area contributed by atoms with Crippen LogP contribution in [-0.4, -0.2) is 56.0 Å². The summed E-state index contributed by atoms with van der Waals surface area (Å²) >= 11 is 0. The van der Waals surface area contributed by atoms with E-state index in [0.29, 0.717) is 6.54 Å². The van der Waals surface area contributed by atoms with Crippen molar-refractivity contribution in [3.63, 3.8) is 0 Å². The van der Waals surface area contributed by atoms with Crippen LogP contribution in [0, 0.1) is 0 Å². The molecule has 0 saturated heterocycles. The molecule has 3 aromatic rings. The first-order valence-electron chi connectivity index (χ1n) is 7.83. The van der Waals surface area contributed by atoms with Gasteiger partial charge in [0.2, 0.25) is 0 Å². The fourth-order valence-electron chi connectivity index (χ4n) is 2.49. The number of aliphatic carboxylic acids is 1. The van der Waals surface area contributed by atoms with E-state index >= 15 is 0 Å². The minimum absolute atomic E-state index is 0. The van der Waals surface area contributed by atoms with Crippen LogP contribution < -0.4 is 0 Å². The van der Waals surface area contributed by atoms with Gasteiger partial charge >= 0.3 is 5.97 Å². The van der Waals surface area contributed by atoms with E-state index in [4.69, 9.17) is 4.74 Å². The van der Waals surface area contributed by atoms with Crippen LogP contribution in [0.3, 0.4) is 0 Å². The van der Waals surface area contributed by atoms with Gasteiger partial charge in [0.15, 0.2) is 5.60 Å². The van der Waals surface area contributed by atoms with E-state index in [-0.39, 0.29) is 36.2 Å². The van der Waals surface area contributed by atoms with E-state index < -0.39 is 11.6 Å². The predicted molar refractivity (Wildman–Crippen MR) is 97.5 cm³/mol. The maximum Gasteiger partial charge on any atom is 0.335 e. The van der Waals surface area contributed by atoms with Gasteiger partial charge in [-0.3, -0.25) is 4.68 Å². The number of carboxylic acid groups (broad SMARTS) is 1. The second kappa shape index (κ2) is 8.15. The largest absolute Gasteiger partial charge is 0.479 e. The Labute approximate surface area is 168 Å². The van der Waals surface area contributed by atoms with Crippen LogP contribution in [0.1, 0.15) is 25.1 Å². The molecule has 5 nitrogen and oxygen atoms in total. The molecule has 0 aliphatic rings. The van der Waals surface area contributed by atoms with Gasteiger partial charge in [0.05, 0.1) is 24.4 Å². The molecule has 0 unspecified atom stereocenters. The molecule has 0 aliphatic carbocycles. The Balaban J connectivity index is 0.00000225. The number of ether oxygens (including phenoxy) is 1. The van der Waals surface area contributed by atoms with E-state index in [2.05, 4.69) is 17.2 Å². The van der Waals surface area contributed by atoms with Crippen LogP contribution in [0.15, 0.2) is 54.6 Å². The van der Waals surface area contributed by atoms with Crippen molar-refractivity contribution < 1.29 is 14.6 Å². The zero-order chi connectivity index (χ0) is 17.2. The standard InChI is InChI=1S/C19H20N2O3.Na/c1-19(2,18(22)23)24-13-16-15-10-6-7-11-17(15)21(20-16)12-14-8-4-3-5-9-14;/h3-11H,12-13H2,1-2H3,(H,22,23);. The molecule has 0 amide bonds. The molecule has 125 valence electrons. The van der Waals surface area contributed by atoms with E-state index in [9.17, 15) is 9.90 Å². The van der Waals surface area contributed by atoms with Gasteiger partial charge in [0.25, 0.3) is 0 Å². The number of para-hydroxylation sites is 1. The molecule has 0 spiro atoms. The number of fused-ring (bicyclic) bond motifs is 1. The first-order chi connectivity index (χ1) is 11.5. The maximum atomic E-state index is 11.2. The Morgan fingerprint density at radius 2 is 1.76 bits per heavy atom. The number of rotatable bonds is 6. The van der Waals surface area contributed by atoms with Crippen LogP contribution >= 0.6 is 0 Å². The van der Waals surface area contributed by atoms with Gasteiger partial charge in [0.1, 0.15) is 0 Å². The average molecular weight is 347 g/mol. The number of benzene rings is 2. The van der Waals surface area contributed by atoms with Crippen LogP contribution in [0.2, 0.25) is 0 Å². The predicted octanol–water partition coefficient (Wildman–Crippen LogP) is 3.08. The molecule has 0 bridgehead atoms. The summed E-state index contributed by atoms with van der Waals surface area (Å²) in [5.41, 5.74) is 1.66. The first-order valence-corrected chi connectivity index (χ1v) is 7.83. The summed E-state index contributed by atoms with van der Waals surface area (Å²) in [6.45, 7) is 3.89. The Bertz CT molecular complexity index is 859. The molecule has 0 atom stereocenters. The minimum Gasteiger partial charge on any atom is -0.479 e. The van der Waals surface area contributed by atoms with E-state index in [1.165, 1.54) is 0 Å². The molecule has 6 heteroatoms. The van der Waals surface area contributed by atoms with Gasteiger partial charge in [-0.1, -0.05) is 48.5 Å². The number of carbonyl (C=O) groups is 1. The average Bonchev–Trinajstić information content (AvgIpc) is 2.92. The summed E-state index contributed by atoms with van der Waals surface area (Å²) in [7, 11) is 0. The summed E-state index contributed by atoms with van der Waals surface area (Å²) in [5, 5.41) is 14.8. The fraction of sp³-hybridized carbons (Fsp3) is 0.263. The van der Waals surface area contributed by atoms with Crippen molar-refractivity contribution >= 4 is 46.4 Å². The van der Waals surface area contributed by atoms with Crippen molar-refractivity contribution in [1.82, 2.24) is 9.78 Å². The molecule has 3 rings (SSSR count). The van der Waals surface area contributed by atoms with Crippen molar-refractivity contribution in [1.29, 1.82) is 0 Å². The molecule has 1 radical (unpaired) electrons. The van der Waals surface area contributed by atoms with Crippen LogP contribution in [0.5, 0.6) is 0 Å². The molecule has 1 N–H and O–H groups in total. The van der Waals surface area contributed by atoms with E-state index in [1.54, 1.807) is 13.8 Å². The number of hydrogen-bond acceptors (Lipinski definition) is 3. The molecule has 1 aromatic heterocycles. The molecule has 0 fully saturated rings. The quantitative estimate of drug-likeness (QED) is 0.696. The molecule has 2 aromatic carbocycles. The van der Waals surface area contributed by atoms with Crippen LogP contribution in [-0.2, 0) is 22.7 Å². The monoisotopic (exact) mass is 347 g/mol. The normalized spacial score (nSPS) is 11.3. The second-order valence-corrected chi connectivity index (χ2v) is 6.21. The van der Waals surface area contributed by atoms with E-state index in [1.807, 2.05) is 47.1 Å². The van der Waals surface area contributed by atoms with Crippen molar-refractivity contribution in [2.24, 2.45) is 0 Å². The first kappa shape index (κ1) is 19.7. The third-order valence-electron chi connectivity index (χ3n) is 3.99. The van der Waals surface area contributed by atoms with Crippen molar-refractivity contribution in [2.75, 3.05) is 0 Å². The summed E-state index contributed by atoms with van der Waals surface area (Å²) in [5.74, 6) is -0.990. The van der Waals surface area contributed by atoms with Gasteiger partial charge in [-0.25, -0.2) is 4.79 Å². The summed E-state index contributed by atoms with van der Waals surface area (Å²) < 4.78 is 7.50. The number of carboxylic acids is 1. The van der Waals surface area contributed by atoms with Gasteiger partial charge in [0, 0.05) is 34.9 Å². The Hall–Kier alpha value is -1.66. The molecular formula is C19H20N2NaO3. The molecule has 25 heavy (non-hydrogen) atoms. The zero-order valence-electron chi connectivity index (χ0n) is 14.8. The minimum atomic E-state index is -1.25. The third kappa shape index (κ3) is 4.50. The third-order valence-corrected chi connectivity index (χ3v) is 3.99. The smallest absolute Gasteiger partial charge is 0.335 e. The second-order valence-electron chi connectivity index (χ2n) is 6.21. The Morgan fingerprint density at radius 1 is 1.12 bits per heavy atom. The van der Waals surface area contributed by atoms with Crippen LogP contribution in [0.25, 0.3) is 10.9 Å². The SMILES string of the molecule is CC(C)(OCc1nn(Cc2ccccc2)c2ccccc12)C(=O)O.[Na]. The summed E-state index contributed by atoms with van der Waals surface area (Å²) in [6.07, 6.45) is 0. The van der Waals surface area contributed by atoms with Crippen molar-refractivity contribution in [2.45, 2.75) is 32.6 Å². The molecule has 0 aliphatic heterocycles. The Kier molecular flexibility index (Phi) is 6.41.